The molecule has 3 aromatic rings. The molecule has 0 unspecified atom stereocenters. The predicted octanol–water partition coefficient (Wildman–Crippen LogP) is -0.267. The van der Waals surface area contributed by atoms with E-state index in [2.05, 4.69) is 0 Å². The number of ether oxygens (including phenoxy) is 1. The van der Waals surface area contributed by atoms with E-state index < -0.39 is 15.9 Å². The van der Waals surface area contributed by atoms with Crippen molar-refractivity contribution in [3.05, 3.63) is 52.7 Å². The summed E-state index contributed by atoms with van der Waals surface area (Å²) in [4.78, 5) is 12.5. The number of hydrogen-bond acceptors (Lipinski definition) is 6. The van der Waals surface area contributed by atoms with Crippen LogP contribution < -0.4 is 39.7 Å². The summed E-state index contributed by atoms with van der Waals surface area (Å²) in [5.41, 5.74) is -0.0538. The fourth-order valence-electron chi connectivity index (χ4n) is 2.30. The monoisotopic (exact) mass is 372 g/mol. The molecule has 1 aromatic heterocycles. The molecule has 120 valence electrons. The first-order chi connectivity index (χ1) is 10.9. The molecular weight excluding hydrogens is 359 g/mol. The summed E-state index contributed by atoms with van der Waals surface area (Å²) in [6.45, 7) is 0.109. The number of rotatable bonds is 5. The quantitative estimate of drug-likeness (QED) is 0.267. The van der Waals surface area contributed by atoms with Gasteiger partial charge in [-0.1, -0.05) is 12.1 Å². The second-order valence-electron chi connectivity index (χ2n) is 5.05. The molecule has 5 nitrogen and oxygen atoms in total. The van der Waals surface area contributed by atoms with Crippen molar-refractivity contribution in [3.63, 3.8) is 0 Å². The van der Waals surface area contributed by atoms with E-state index in [-0.39, 0.29) is 48.0 Å². The van der Waals surface area contributed by atoms with Crippen LogP contribution in [-0.4, -0.2) is 25.3 Å². The van der Waals surface area contributed by atoms with Gasteiger partial charge in [-0.3, -0.25) is 4.79 Å². The molecule has 8 heteroatoms. The van der Waals surface area contributed by atoms with Gasteiger partial charge in [0.05, 0.1) is 16.7 Å². The molecular formula is C16H13NaO5S2. The van der Waals surface area contributed by atoms with Gasteiger partial charge >= 0.3 is 29.6 Å². The topological polar surface area (TPSA) is 83.5 Å². The molecule has 0 aliphatic rings. The summed E-state index contributed by atoms with van der Waals surface area (Å²) in [6, 6.07) is 12.6. The normalized spacial score (nSPS) is 11.4. The van der Waals surface area contributed by atoms with Crippen molar-refractivity contribution >= 4 is 41.6 Å². The largest absolute Gasteiger partial charge is 1.00 e. The number of fused-ring (bicyclic) bond motifs is 2. The minimum atomic E-state index is -4.22. The molecule has 0 bridgehead atoms. The van der Waals surface area contributed by atoms with Gasteiger partial charge in [-0.05, 0) is 36.8 Å². The molecule has 0 N–H and O–H groups in total. The van der Waals surface area contributed by atoms with Gasteiger partial charge in [-0.25, -0.2) is 8.42 Å². The second-order valence-corrected chi connectivity index (χ2v) is 7.66. The van der Waals surface area contributed by atoms with Crippen molar-refractivity contribution in [1.82, 2.24) is 0 Å². The average Bonchev–Trinajstić information content (AvgIpc) is 2.51. The molecule has 0 aliphatic carbocycles. The van der Waals surface area contributed by atoms with E-state index >= 15 is 0 Å². The maximum absolute atomic E-state index is 12.5. The van der Waals surface area contributed by atoms with Gasteiger partial charge in [0.1, 0.15) is 5.75 Å². The van der Waals surface area contributed by atoms with Gasteiger partial charge in [0.2, 0.25) is 0 Å². The van der Waals surface area contributed by atoms with Gasteiger partial charge in [0.15, 0.2) is 5.43 Å². The Labute approximate surface area is 165 Å². The maximum atomic E-state index is 12.5. The standard InChI is InChI=1S/C16H14O5S2.Na/c17-16-12-4-1-2-5-14(12)22-15-7-6-11(10-13(15)16)21-8-3-9-23(18,19)20;/h1-2,4-7,10H,3,8-9H2,(H,18,19,20);/q;+1/p-1. The van der Waals surface area contributed by atoms with Gasteiger partial charge in [-0.2, -0.15) is 0 Å². The van der Waals surface area contributed by atoms with Crippen LogP contribution in [0.4, 0.5) is 0 Å². The zero-order chi connectivity index (χ0) is 16.4. The number of benzene rings is 2. The Kier molecular flexibility index (Phi) is 6.41. The van der Waals surface area contributed by atoms with Crippen LogP contribution in [0.15, 0.2) is 47.3 Å². The van der Waals surface area contributed by atoms with Gasteiger partial charge < -0.3 is 9.29 Å². The summed E-state index contributed by atoms with van der Waals surface area (Å²) in [5, 5.41) is 1.24. The molecule has 24 heavy (non-hydrogen) atoms. The molecule has 0 amide bonds. The van der Waals surface area contributed by atoms with Crippen LogP contribution in [0.1, 0.15) is 6.42 Å². The van der Waals surface area contributed by atoms with Gasteiger partial charge in [0, 0.05) is 25.9 Å². The Morgan fingerprint density at radius 2 is 1.75 bits per heavy atom. The molecule has 3 rings (SSSR count). The first-order valence-corrected chi connectivity index (χ1v) is 9.35. The van der Waals surface area contributed by atoms with Crippen LogP contribution in [0, 0.1) is 0 Å². The summed E-state index contributed by atoms with van der Waals surface area (Å²) in [6.07, 6.45) is 0.119. The summed E-state index contributed by atoms with van der Waals surface area (Å²) < 4.78 is 38.8. The molecule has 2 aromatic carbocycles. The van der Waals surface area contributed by atoms with Gasteiger partial charge in [0.25, 0.3) is 0 Å². The van der Waals surface area contributed by atoms with Crippen LogP contribution in [0.25, 0.3) is 20.2 Å². The first kappa shape index (κ1) is 19.4. The molecule has 0 atom stereocenters. The zero-order valence-corrected chi connectivity index (χ0v) is 16.7. The zero-order valence-electron chi connectivity index (χ0n) is 13.0. The average molecular weight is 372 g/mol. The van der Waals surface area contributed by atoms with Crippen LogP contribution in [-0.2, 0) is 10.1 Å². The van der Waals surface area contributed by atoms with Crippen molar-refractivity contribution in [3.8, 4) is 5.75 Å². The van der Waals surface area contributed by atoms with E-state index in [1.165, 1.54) is 11.3 Å². The molecule has 0 saturated carbocycles. The van der Waals surface area contributed by atoms with Gasteiger partial charge in [-0.15, -0.1) is 11.3 Å². The summed E-state index contributed by atoms with van der Waals surface area (Å²) in [7, 11) is -4.22. The second kappa shape index (κ2) is 7.95. The molecule has 0 aliphatic heterocycles. The van der Waals surface area contributed by atoms with Crippen molar-refractivity contribution in [2.45, 2.75) is 6.42 Å². The van der Waals surface area contributed by atoms with Crippen molar-refractivity contribution < 1.29 is 47.3 Å². The van der Waals surface area contributed by atoms with Crippen molar-refractivity contribution in [2.75, 3.05) is 12.4 Å². The Morgan fingerprint density at radius 1 is 1.04 bits per heavy atom. The van der Waals surface area contributed by atoms with Crippen LogP contribution in [0.2, 0.25) is 0 Å². The summed E-state index contributed by atoms with van der Waals surface area (Å²) >= 11 is 1.53. The molecule has 1 heterocycles. The van der Waals surface area contributed by atoms with Crippen molar-refractivity contribution in [1.29, 1.82) is 0 Å². The number of hydrogen-bond donors (Lipinski definition) is 0. The van der Waals surface area contributed by atoms with E-state index in [9.17, 15) is 17.8 Å². The van der Waals surface area contributed by atoms with E-state index in [0.29, 0.717) is 16.5 Å². The van der Waals surface area contributed by atoms with E-state index in [1.807, 2.05) is 24.3 Å². The van der Waals surface area contributed by atoms with E-state index in [0.717, 1.165) is 9.40 Å². The predicted molar refractivity (Wildman–Crippen MR) is 90.3 cm³/mol. The maximum Gasteiger partial charge on any atom is 1.00 e. The smallest absolute Gasteiger partial charge is 0.748 e. The minimum absolute atomic E-state index is 0. The van der Waals surface area contributed by atoms with Crippen molar-refractivity contribution in [2.24, 2.45) is 0 Å². The van der Waals surface area contributed by atoms with Crippen LogP contribution in [0.3, 0.4) is 0 Å². The summed E-state index contributed by atoms with van der Waals surface area (Å²) in [5.74, 6) is 0.0282. The Morgan fingerprint density at radius 3 is 2.50 bits per heavy atom. The third kappa shape index (κ3) is 4.56. The fourth-order valence-corrected chi connectivity index (χ4v) is 3.82. The van der Waals surface area contributed by atoms with Crippen LogP contribution >= 0.6 is 11.3 Å². The van der Waals surface area contributed by atoms with E-state index in [4.69, 9.17) is 4.74 Å². The third-order valence-corrected chi connectivity index (χ3v) is 5.30. The van der Waals surface area contributed by atoms with E-state index in [1.54, 1.807) is 18.2 Å². The van der Waals surface area contributed by atoms with Crippen LogP contribution in [0.5, 0.6) is 5.75 Å². The Balaban J connectivity index is 0.00000208. The SMILES string of the molecule is O=c1c2ccccc2sc2ccc(OCCCS(=O)(=O)[O-])cc12.[Na+]. The molecule has 0 spiro atoms. The Hall–Kier alpha value is -0.960. The Bertz CT molecular complexity index is 1030. The molecule has 0 saturated heterocycles. The third-order valence-electron chi connectivity index (χ3n) is 3.35. The molecule has 0 fully saturated rings. The molecule has 0 radical (unpaired) electrons. The minimum Gasteiger partial charge on any atom is -0.748 e. The first-order valence-electron chi connectivity index (χ1n) is 6.96. The fraction of sp³-hybridized carbons (Fsp3) is 0.188.